The number of hydrogen-bond donors (Lipinski definition) is 3. The van der Waals surface area contributed by atoms with Crippen molar-refractivity contribution in [2.24, 2.45) is 5.92 Å². The van der Waals surface area contributed by atoms with Gasteiger partial charge in [-0.15, -0.1) is 0 Å². The summed E-state index contributed by atoms with van der Waals surface area (Å²) in [6.45, 7) is 4.25. The van der Waals surface area contributed by atoms with Crippen LogP contribution < -0.4 is 15.5 Å². The molecule has 1 aliphatic carbocycles. The molecule has 2 aromatic carbocycles. The van der Waals surface area contributed by atoms with Crippen LogP contribution in [0, 0.1) is 5.92 Å². The molecule has 5 heteroatoms. The molecule has 0 aromatic heterocycles. The second kappa shape index (κ2) is 10.1. The molecular weight excluding hydrogens is 386 g/mol. The summed E-state index contributed by atoms with van der Waals surface area (Å²) >= 11 is 0. The zero-order valence-electron chi connectivity index (χ0n) is 18.5. The van der Waals surface area contributed by atoms with Crippen LogP contribution in [0.1, 0.15) is 55.3 Å². The highest BCUT2D eigenvalue weighted by molar-refractivity contribution is 5.92. The Morgan fingerprint density at radius 2 is 1.71 bits per heavy atom. The number of amides is 2. The number of nitrogens with one attached hydrogen (secondary N) is 3. The average molecular weight is 421 g/mol. The fraction of sp³-hybridized carbons (Fsp3) is 0.462. The van der Waals surface area contributed by atoms with Crippen LogP contribution in [0.2, 0.25) is 0 Å². The van der Waals surface area contributed by atoms with E-state index in [-0.39, 0.29) is 23.8 Å². The van der Waals surface area contributed by atoms with Gasteiger partial charge >= 0.3 is 0 Å². The topological polar surface area (TPSA) is 62.6 Å². The number of likely N-dealkylation sites (tertiary alicyclic amines) is 1. The molecule has 0 spiro atoms. The van der Waals surface area contributed by atoms with E-state index in [0.29, 0.717) is 6.54 Å². The molecule has 2 aliphatic rings. The second-order valence-corrected chi connectivity index (χ2v) is 9.08. The van der Waals surface area contributed by atoms with Gasteiger partial charge in [0.05, 0.1) is 19.1 Å². The van der Waals surface area contributed by atoms with E-state index >= 15 is 0 Å². The van der Waals surface area contributed by atoms with Crippen LogP contribution >= 0.6 is 0 Å². The first-order valence-corrected chi connectivity index (χ1v) is 11.7. The molecule has 4 rings (SSSR count). The van der Waals surface area contributed by atoms with Gasteiger partial charge in [0, 0.05) is 24.4 Å². The molecule has 1 aliphatic heterocycles. The Labute approximate surface area is 185 Å². The van der Waals surface area contributed by atoms with Crippen molar-refractivity contribution in [1.29, 1.82) is 0 Å². The number of rotatable bonds is 6. The third-order valence-electron chi connectivity index (χ3n) is 6.77. The Morgan fingerprint density at radius 1 is 1.00 bits per heavy atom. The van der Waals surface area contributed by atoms with Gasteiger partial charge in [0.15, 0.2) is 6.54 Å². The maximum atomic E-state index is 12.6. The molecule has 5 nitrogen and oxygen atoms in total. The molecule has 0 bridgehead atoms. The molecular formula is C26H34N3O2+. The first-order chi connectivity index (χ1) is 15.1. The van der Waals surface area contributed by atoms with Crippen molar-refractivity contribution in [3.05, 3.63) is 65.2 Å². The molecule has 1 atom stereocenters. The van der Waals surface area contributed by atoms with E-state index in [9.17, 15) is 9.59 Å². The summed E-state index contributed by atoms with van der Waals surface area (Å²) in [6.07, 6.45) is 6.52. The summed E-state index contributed by atoms with van der Waals surface area (Å²) in [6, 6.07) is 16.3. The molecule has 2 amide bonds. The Hall–Kier alpha value is -2.66. The Bertz CT molecular complexity index is 904. The van der Waals surface area contributed by atoms with Crippen molar-refractivity contribution < 1.29 is 14.5 Å². The van der Waals surface area contributed by atoms with Crippen LogP contribution in [-0.4, -0.2) is 31.4 Å². The predicted molar refractivity (Wildman–Crippen MR) is 123 cm³/mol. The van der Waals surface area contributed by atoms with Gasteiger partial charge in [-0.05, 0) is 61.4 Å². The van der Waals surface area contributed by atoms with Crippen molar-refractivity contribution in [3.63, 3.8) is 0 Å². The molecule has 0 radical (unpaired) electrons. The smallest absolute Gasteiger partial charge is 0.275 e. The van der Waals surface area contributed by atoms with Crippen molar-refractivity contribution in [2.45, 2.75) is 51.5 Å². The number of fused-ring (bicyclic) bond motifs is 1. The van der Waals surface area contributed by atoms with Crippen LogP contribution in [0.15, 0.2) is 48.5 Å². The van der Waals surface area contributed by atoms with Gasteiger partial charge in [0.1, 0.15) is 0 Å². The van der Waals surface area contributed by atoms with E-state index in [1.54, 1.807) is 0 Å². The third kappa shape index (κ3) is 5.73. The monoisotopic (exact) mass is 420 g/mol. The number of carbonyl (C=O) groups excluding carboxylic acids is 2. The van der Waals surface area contributed by atoms with Gasteiger partial charge in [0.2, 0.25) is 5.91 Å². The zero-order chi connectivity index (χ0) is 21.6. The maximum Gasteiger partial charge on any atom is 0.275 e. The highest BCUT2D eigenvalue weighted by atomic mass is 16.2. The Morgan fingerprint density at radius 3 is 2.45 bits per heavy atom. The molecule has 0 saturated carbocycles. The number of piperidine rings is 1. The molecule has 1 heterocycles. The minimum absolute atomic E-state index is 0.0216. The lowest BCUT2D eigenvalue weighted by Gasteiger charge is -2.28. The number of quaternary nitrogens is 1. The Balaban J connectivity index is 1.22. The normalized spacial score (nSPS) is 21.6. The van der Waals surface area contributed by atoms with Gasteiger partial charge in [0.25, 0.3) is 5.91 Å². The number of para-hydroxylation sites is 1. The van der Waals surface area contributed by atoms with Crippen molar-refractivity contribution >= 4 is 17.5 Å². The van der Waals surface area contributed by atoms with Gasteiger partial charge in [-0.3, -0.25) is 9.59 Å². The van der Waals surface area contributed by atoms with Gasteiger partial charge < -0.3 is 15.5 Å². The van der Waals surface area contributed by atoms with E-state index in [1.807, 2.05) is 30.3 Å². The number of carbonyl (C=O) groups is 2. The largest absolute Gasteiger partial charge is 0.345 e. The van der Waals surface area contributed by atoms with Crippen molar-refractivity contribution in [3.8, 4) is 0 Å². The zero-order valence-corrected chi connectivity index (χ0v) is 18.5. The van der Waals surface area contributed by atoms with E-state index < -0.39 is 0 Å². The summed E-state index contributed by atoms with van der Waals surface area (Å²) < 4.78 is 0. The number of aryl methyl sites for hydroxylation is 2. The third-order valence-corrected chi connectivity index (χ3v) is 6.77. The first-order valence-electron chi connectivity index (χ1n) is 11.7. The molecule has 0 unspecified atom stereocenters. The molecule has 2 aromatic rings. The molecule has 164 valence electrons. The lowest BCUT2D eigenvalue weighted by atomic mass is 9.89. The first kappa shape index (κ1) is 21.6. The van der Waals surface area contributed by atoms with Gasteiger partial charge in [-0.2, -0.15) is 0 Å². The summed E-state index contributed by atoms with van der Waals surface area (Å²) in [4.78, 5) is 26.4. The van der Waals surface area contributed by atoms with E-state index in [4.69, 9.17) is 0 Å². The highest BCUT2D eigenvalue weighted by Crippen LogP contribution is 2.24. The highest BCUT2D eigenvalue weighted by Gasteiger charge is 2.29. The van der Waals surface area contributed by atoms with Crippen LogP contribution in [-0.2, 0) is 22.4 Å². The van der Waals surface area contributed by atoms with E-state index in [1.165, 1.54) is 40.9 Å². The maximum absolute atomic E-state index is 12.6. The summed E-state index contributed by atoms with van der Waals surface area (Å²) in [5, 5.41) is 6.18. The van der Waals surface area contributed by atoms with Crippen molar-refractivity contribution in [2.75, 3.05) is 25.0 Å². The average Bonchev–Trinajstić information content (AvgIpc) is 2.79. The molecule has 1 fully saturated rings. The van der Waals surface area contributed by atoms with Crippen molar-refractivity contribution in [1.82, 2.24) is 5.32 Å². The van der Waals surface area contributed by atoms with Crippen LogP contribution in [0.3, 0.4) is 0 Å². The van der Waals surface area contributed by atoms with Gasteiger partial charge in [-0.25, -0.2) is 0 Å². The van der Waals surface area contributed by atoms with Crippen LogP contribution in [0.5, 0.6) is 0 Å². The second-order valence-electron chi connectivity index (χ2n) is 9.08. The molecule has 31 heavy (non-hydrogen) atoms. The van der Waals surface area contributed by atoms with Crippen LogP contribution in [0.4, 0.5) is 5.69 Å². The lowest BCUT2D eigenvalue weighted by molar-refractivity contribution is -0.897. The lowest BCUT2D eigenvalue weighted by Crippen LogP contribution is -3.14. The van der Waals surface area contributed by atoms with Crippen LogP contribution in [0.25, 0.3) is 0 Å². The Kier molecular flexibility index (Phi) is 7.03. The van der Waals surface area contributed by atoms with E-state index in [2.05, 4.69) is 35.8 Å². The number of hydrogen-bond acceptors (Lipinski definition) is 2. The minimum Gasteiger partial charge on any atom is -0.345 e. The quantitative estimate of drug-likeness (QED) is 0.673. The SMILES string of the molecule is C[C@H](NC(=O)C[NH+]1CCC(C(=O)Nc2ccccc2)CC1)c1ccc2c(c1)CCCC2. The number of anilines is 1. The minimum atomic E-state index is 0.0216. The standard InChI is InChI=1S/C26H33N3O2/c1-19(22-12-11-20-7-5-6-8-23(20)17-22)27-25(30)18-29-15-13-21(14-16-29)26(31)28-24-9-3-2-4-10-24/h2-4,9-12,17,19,21H,5-8,13-16,18H2,1H3,(H,27,30)(H,28,31)/p+1/t19-/m0/s1. The van der Waals surface area contributed by atoms with Gasteiger partial charge in [-0.1, -0.05) is 36.4 Å². The predicted octanol–water partition coefficient (Wildman–Crippen LogP) is 2.68. The number of benzene rings is 2. The fourth-order valence-electron chi connectivity index (χ4n) is 4.86. The fourth-order valence-corrected chi connectivity index (χ4v) is 4.86. The summed E-state index contributed by atoms with van der Waals surface area (Å²) in [7, 11) is 0. The van der Waals surface area contributed by atoms with E-state index in [0.717, 1.165) is 38.0 Å². The molecule has 1 saturated heterocycles. The summed E-state index contributed by atoms with van der Waals surface area (Å²) in [5.74, 6) is 0.213. The molecule has 3 N–H and O–H groups in total. The summed E-state index contributed by atoms with van der Waals surface area (Å²) in [5.41, 5.74) is 4.96.